The number of hydrogen-bond donors (Lipinski definition) is 1. The fourth-order valence-electron chi connectivity index (χ4n) is 4.65. The molecular formula is C25H29NO4. The summed E-state index contributed by atoms with van der Waals surface area (Å²) in [5.41, 5.74) is 2.90. The van der Waals surface area contributed by atoms with Crippen molar-refractivity contribution in [3.8, 4) is 0 Å². The number of amides is 1. The molecule has 2 aromatic carbocycles. The second kappa shape index (κ2) is 7.78. The van der Waals surface area contributed by atoms with Gasteiger partial charge in [-0.15, -0.1) is 0 Å². The molecule has 0 saturated heterocycles. The van der Waals surface area contributed by atoms with Gasteiger partial charge in [0.1, 0.15) is 11.2 Å². The molecule has 1 fully saturated rings. The van der Waals surface area contributed by atoms with Crippen molar-refractivity contribution in [1.29, 1.82) is 0 Å². The summed E-state index contributed by atoms with van der Waals surface area (Å²) in [6.45, 7) is 8.12. The zero-order valence-corrected chi connectivity index (χ0v) is 18.1. The van der Waals surface area contributed by atoms with Gasteiger partial charge in [0.25, 0.3) is 0 Å². The summed E-state index contributed by atoms with van der Waals surface area (Å²) in [7, 11) is 0. The van der Waals surface area contributed by atoms with Gasteiger partial charge < -0.3 is 14.4 Å². The predicted molar refractivity (Wildman–Crippen MR) is 119 cm³/mol. The number of fused-ring (bicyclic) bond motifs is 3. The van der Waals surface area contributed by atoms with E-state index in [1.807, 2.05) is 45.0 Å². The lowest BCUT2D eigenvalue weighted by Crippen LogP contribution is -2.42. The molecule has 1 aliphatic carbocycles. The Morgan fingerprint density at radius 1 is 1.03 bits per heavy atom. The van der Waals surface area contributed by atoms with Crippen LogP contribution in [0.2, 0.25) is 0 Å². The van der Waals surface area contributed by atoms with E-state index in [1.165, 1.54) is 0 Å². The molecule has 0 spiro atoms. The summed E-state index contributed by atoms with van der Waals surface area (Å²) in [5, 5.41) is 11.7. The lowest BCUT2D eigenvalue weighted by molar-refractivity contribution is -0.123. The number of rotatable bonds is 4. The maximum atomic E-state index is 13.5. The zero-order valence-electron chi connectivity index (χ0n) is 18.1. The van der Waals surface area contributed by atoms with Crippen molar-refractivity contribution in [2.75, 3.05) is 4.90 Å². The van der Waals surface area contributed by atoms with Gasteiger partial charge in [0.15, 0.2) is 0 Å². The number of carbonyl (C=O) groups is 2. The number of nitrogens with zero attached hydrogens (tertiary/aromatic N) is 1. The minimum Gasteiger partial charge on any atom is -0.478 e. The van der Waals surface area contributed by atoms with Crippen molar-refractivity contribution in [3.05, 3.63) is 41.5 Å². The van der Waals surface area contributed by atoms with E-state index in [0.29, 0.717) is 22.8 Å². The second-order valence-electron chi connectivity index (χ2n) is 9.03. The first-order valence-electron chi connectivity index (χ1n) is 10.8. The standard InChI is InChI=1S/C25H29NO4/c1-14(2)26(24(27)17-8-5-15(3)6-9-17)21-12-19-18-11-16(4)7-10-22(18)30-23(19)13-20(21)25(28)29/h7,10-15,17H,5-6,8-9H2,1-4H3,(H,28,29). The van der Waals surface area contributed by atoms with Crippen LogP contribution in [0.5, 0.6) is 0 Å². The fourth-order valence-corrected chi connectivity index (χ4v) is 4.65. The predicted octanol–water partition coefficient (Wildman–Crippen LogP) is 6.16. The van der Waals surface area contributed by atoms with Crippen LogP contribution >= 0.6 is 0 Å². The average Bonchev–Trinajstić information content (AvgIpc) is 3.04. The van der Waals surface area contributed by atoms with Crippen LogP contribution < -0.4 is 4.90 Å². The Labute approximate surface area is 176 Å². The summed E-state index contributed by atoms with van der Waals surface area (Å²) < 4.78 is 5.92. The fraction of sp³-hybridized carbons (Fsp3) is 0.440. The largest absolute Gasteiger partial charge is 0.478 e. The SMILES string of the molecule is Cc1ccc2oc3cc(C(=O)O)c(N(C(=O)C4CCC(C)CC4)C(C)C)cc3c2c1. The topological polar surface area (TPSA) is 70.8 Å². The highest BCUT2D eigenvalue weighted by Crippen LogP contribution is 2.37. The molecule has 0 bridgehead atoms. The number of carbonyl (C=O) groups excluding carboxylic acids is 1. The van der Waals surface area contributed by atoms with Crippen molar-refractivity contribution in [1.82, 2.24) is 0 Å². The monoisotopic (exact) mass is 407 g/mol. The Morgan fingerprint density at radius 3 is 2.33 bits per heavy atom. The lowest BCUT2D eigenvalue weighted by atomic mass is 9.82. The number of furan rings is 1. The lowest BCUT2D eigenvalue weighted by Gasteiger charge is -2.34. The Morgan fingerprint density at radius 2 is 1.70 bits per heavy atom. The number of anilines is 1. The normalized spacial score (nSPS) is 19.5. The van der Waals surface area contributed by atoms with Gasteiger partial charge in [-0.2, -0.15) is 0 Å². The Hall–Kier alpha value is -2.82. The van der Waals surface area contributed by atoms with E-state index in [1.54, 1.807) is 11.0 Å². The zero-order chi connectivity index (χ0) is 21.6. The molecule has 0 radical (unpaired) electrons. The van der Waals surface area contributed by atoms with Gasteiger partial charge in [-0.3, -0.25) is 4.79 Å². The van der Waals surface area contributed by atoms with Gasteiger partial charge in [-0.05, 0) is 76.6 Å². The van der Waals surface area contributed by atoms with E-state index < -0.39 is 5.97 Å². The van der Waals surface area contributed by atoms with Crippen LogP contribution in [-0.4, -0.2) is 23.0 Å². The van der Waals surface area contributed by atoms with Crippen molar-refractivity contribution in [2.24, 2.45) is 11.8 Å². The van der Waals surface area contributed by atoms with Crippen LogP contribution in [0.4, 0.5) is 5.69 Å². The minimum absolute atomic E-state index is 0.0303. The van der Waals surface area contributed by atoms with Crippen LogP contribution in [0.25, 0.3) is 21.9 Å². The summed E-state index contributed by atoms with van der Waals surface area (Å²) in [6, 6.07) is 9.15. The molecule has 1 heterocycles. The van der Waals surface area contributed by atoms with Gasteiger partial charge in [-0.25, -0.2) is 4.79 Å². The summed E-state index contributed by atoms with van der Waals surface area (Å²) in [6.07, 6.45) is 3.81. The van der Waals surface area contributed by atoms with E-state index in [9.17, 15) is 14.7 Å². The van der Waals surface area contributed by atoms with Crippen LogP contribution in [-0.2, 0) is 4.79 Å². The molecule has 0 aliphatic heterocycles. The molecule has 1 N–H and O–H groups in total. The number of benzene rings is 2. The summed E-state index contributed by atoms with van der Waals surface area (Å²) in [4.78, 5) is 27.3. The maximum absolute atomic E-state index is 13.5. The summed E-state index contributed by atoms with van der Waals surface area (Å²) >= 11 is 0. The summed E-state index contributed by atoms with van der Waals surface area (Å²) in [5.74, 6) is -0.431. The van der Waals surface area contributed by atoms with E-state index >= 15 is 0 Å². The van der Waals surface area contributed by atoms with Crippen LogP contribution in [0.1, 0.15) is 62.4 Å². The third-order valence-electron chi connectivity index (χ3n) is 6.35. The highest BCUT2D eigenvalue weighted by molar-refractivity contribution is 6.12. The third-order valence-corrected chi connectivity index (χ3v) is 6.35. The number of carboxylic acids is 1. The highest BCUT2D eigenvalue weighted by atomic mass is 16.4. The van der Waals surface area contributed by atoms with Crippen molar-refractivity contribution in [3.63, 3.8) is 0 Å². The van der Waals surface area contributed by atoms with Crippen molar-refractivity contribution in [2.45, 2.75) is 59.4 Å². The van der Waals surface area contributed by atoms with Gasteiger partial charge in [0, 0.05) is 22.7 Å². The van der Waals surface area contributed by atoms with Crippen molar-refractivity contribution < 1.29 is 19.1 Å². The smallest absolute Gasteiger partial charge is 0.337 e. The van der Waals surface area contributed by atoms with Crippen LogP contribution in [0.3, 0.4) is 0 Å². The molecular weight excluding hydrogens is 378 g/mol. The molecule has 1 amide bonds. The molecule has 5 nitrogen and oxygen atoms in total. The van der Waals surface area contributed by atoms with Gasteiger partial charge in [0.2, 0.25) is 5.91 Å². The van der Waals surface area contributed by atoms with Crippen LogP contribution in [0.15, 0.2) is 34.7 Å². The van der Waals surface area contributed by atoms with Crippen molar-refractivity contribution >= 4 is 39.5 Å². The highest BCUT2D eigenvalue weighted by Gasteiger charge is 2.32. The Balaban J connectivity index is 1.87. The van der Waals surface area contributed by atoms with E-state index in [-0.39, 0.29) is 23.4 Å². The second-order valence-corrected chi connectivity index (χ2v) is 9.03. The number of aryl methyl sites for hydroxylation is 1. The first-order valence-corrected chi connectivity index (χ1v) is 10.8. The van der Waals surface area contributed by atoms with E-state index in [0.717, 1.165) is 42.0 Å². The number of hydrogen-bond acceptors (Lipinski definition) is 3. The quantitative estimate of drug-likeness (QED) is 0.562. The van der Waals surface area contributed by atoms with E-state index in [4.69, 9.17) is 4.42 Å². The number of carboxylic acid groups (broad SMARTS) is 1. The molecule has 3 aromatic rings. The maximum Gasteiger partial charge on any atom is 0.337 e. The van der Waals surface area contributed by atoms with E-state index in [2.05, 4.69) is 6.92 Å². The Kier molecular flexibility index (Phi) is 5.31. The molecule has 4 rings (SSSR count). The first-order chi connectivity index (χ1) is 14.3. The molecule has 1 aromatic heterocycles. The van der Waals surface area contributed by atoms with Gasteiger partial charge in [-0.1, -0.05) is 18.6 Å². The Bertz CT molecular complexity index is 1120. The third kappa shape index (κ3) is 3.57. The molecule has 158 valence electrons. The van der Waals surface area contributed by atoms with Gasteiger partial charge in [0.05, 0.1) is 11.3 Å². The first kappa shape index (κ1) is 20.5. The molecule has 30 heavy (non-hydrogen) atoms. The number of aromatic carboxylic acids is 1. The minimum atomic E-state index is -1.06. The van der Waals surface area contributed by atoms with Gasteiger partial charge >= 0.3 is 5.97 Å². The average molecular weight is 408 g/mol. The molecule has 1 saturated carbocycles. The molecule has 0 atom stereocenters. The van der Waals surface area contributed by atoms with Crippen LogP contribution in [0, 0.1) is 18.8 Å². The molecule has 5 heteroatoms. The molecule has 0 unspecified atom stereocenters. The molecule has 1 aliphatic rings.